The van der Waals surface area contributed by atoms with Gasteiger partial charge in [-0.15, -0.1) is 0 Å². The number of hydrazine groups is 1. The predicted molar refractivity (Wildman–Crippen MR) is 97.2 cm³/mol. The Balaban J connectivity index is 1.65. The van der Waals surface area contributed by atoms with Gasteiger partial charge in [0.2, 0.25) is 5.91 Å². The van der Waals surface area contributed by atoms with E-state index in [4.69, 9.17) is 5.26 Å². The number of hydrogen-bond acceptors (Lipinski definition) is 6. The molecule has 0 saturated heterocycles. The first-order valence-corrected chi connectivity index (χ1v) is 8.91. The maximum absolute atomic E-state index is 12.6. The Morgan fingerprint density at radius 3 is 3.04 bits per heavy atom. The predicted octanol–water partition coefficient (Wildman–Crippen LogP) is 2.76. The highest BCUT2D eigenvalue weighted by Gasteiger charge is 2.37. The fourth-order valence-electron chi connectivity index (χ4n) is 3.60. The van der Waals surface area contributed by atoms with Crippen LogP contribution < -0.4 is 10.7 Å². The Labute approximate surface area is 152 Å². The van der Waals surface area contributed by atoms with Crippen LogP contribution in [0.1, 0.15) is 54.5 Å². The van der Waals surface area contributed by atoms with E-state index in [2.05, 4.69) is 38.7 Å². The van der Waals surface area contributed by atoms with Gasteiger partial charge in [0.1, 0.15) is 18.1 Å². The maximum Gasteiger partial charge on any atom is 0.238 e. The highest BCUT2D eigenvalue weighted by atomic mass is 16.2. The lowest BCUT2D eigenvalue weighted by Crippen LogP contribution is -2.25. The van der Waals surface area contributed by atoms with Gasteiger partial charge >= 0.3 is 0 Å². The molecule has 132 valence electrons. The van der Waals surface area contributed by atoms with Crippen LogP contribution >= 0.6 is 0 Å². The first-order valence-electron chi connectivity index (χ1n) is 8.91. The van der Waals surface area contributed by atoms with E-state index >= 15 is 0 Å². The number of carbonyl (C=O) groups is 1. The topological polar surface area (TPSA) is 93.9 Å². The Kier molecular flexibility index (Phi) is 4.27. The fraction of sp³-hybridized carbons (Fsp3) is 0.368. The van der Waals surface area contributed by atoms with E-state index < -0.39 is 5.92 Å². The number of amides is 1. The van der Waals surface area contributed by atoms with Crippen LogP contribution in [0.2, 0.25) is 0 Å². The average molecular weight is 348 g/mol. The van der Waals surface area contributed by atoms with Crippen molar-refractivity contribution in [3.63, 3.8) is 0 Å². The van der Waals surface area contributed by atoms with Gasteiger partial charge in [-0.2, -0.15) is 5.26 Å². The molecular formula is C19H20N6O. The molecule has 0 saturated carbocycles. The molecule has 0 fully saturated rings. The molecule has 2 aliphatic rings. The van der Waals surface area contributed by atoms with E-state index in [1.807, 2.05) is 6.07 Å². The summed E-state index contributed by atoms with van der Waals surface area (Å²) in [4.78, 5) is 21.4. The molecular weight excluding hydrogens is 328 g/mol. The molecule has 7 nitrogen and oxygen atoms in total. The van der Waals surface area contributed by atoms with E-state index in [1.165, 1.54) is 19.2 Å². The average Bonchev–Trinajstić information content (AvgIpc) is 3.20. The van der Waals surface area contributed by atoms with Gasteiger partial charge in [0.15, 0.2) is 0 Å². The molecule has 7 heteroatoms. The number of unbranched alkanes of at least 4 members (excludes halogenated alkanes) is 2. The summed E-state index contributed by atoms with van der Waals surface area (Å²) in [6.07, 6.45) is 4.98. The number of hydrogen-bond donors (Lipinski definition) is 2. The molecule has 1 amide bonds. The summed E-state index contributed by atoms with van der Waals surface area (Å²) >= 11 is 0. The lowest BCUT2D eigenvalue weighted by molar-refractivity contribution is -0.116. The minimum absolute atomic E-state index is 0.111. The lowest BCUT2D eigenvalue weighted by Gasteiger charge is -2.15. The zero-order valence-electron chi connectivity index (χ0n) is 14.6. The number of anilines is 2. The molecule has 1 aromatic heterocycles. The minimum atomic E-state index is -0.466. The molecule has 1 unspecified atom stereocenters. The molecule has 2 aromatic rings. The first kappa shape index (κ1) is 16.5. The summed E-state index contributed by atoms with van der Waals surface area (Å²) in [5, 5.41) is 14.1. The van der Waals surface area contributed by atoms with Gasteiger partial charge in [-0.05, 0) is 24.1 Å². The summed E-state index contributed by atoms with van der Waals surface area (Å²) in [5.74, 6) is 0.203. The molecule has 0 aliphatic carbocycles. The highest BCUT2D eigenvalue weighted by Crippen LogP contribution is 2.40. The van der Waals surface area contributed by atoms with Gasteiger partial charge in [-0.3, -0.25) is 4.79 Å². The van der Waals surface area contributed by atoms with Crippen LogP contribution in [0.3, 0.4) is 0 Å². The summed E-state index contributed by atoms with van der Waals surface area (Å²) in [7, 11) is 0. The fourth-order valence-corrected chi connectivity index (χ4v) is 3.60. The number of benzene rings is 1. The molecule has 26 heavy (non-hydrogen) atoms. The monoisotopic (exact) mass is 348 g/mol. The smallest absolute Gasteiger partial charge is 0.238 e. The number of nitrogens with one attached hydrogen (secondary N) is 2. The van der Waals surface area contributed by atoms with Gasteiger partial charge in [0.25, 0.3) is 0 Å². The number of nitriles is 1. The Hall–Kier alpha value is -2.98. The van der Waals surface area contributed by atoms with Gasteiger partial charge in [-0.1, -0.05) is 25.8 Å². The zero-order chi connectivity index (χ0) is 18.1. The van der Waals surface area contributed by atoms with Gasteiger partial charge < -0.3 is 10.7 Å². The van der Waals surface area contributed by atoms with Crippen molar-refractivity contribution in [3.05, 3.63) is 46.9 Å². The van der Waals surface area contributed by atoms with Crippen LogP contribution in [0.25, 0.3) is 0 Å². The summed E-state index contributed by atoms with van der Waals surface area (Å²) in [6, 6.07) is 7.40. The van der Waals surface area contributed by atoms with Crippen molar-refractivity contribution in [3.8, 4) is 6.07 Å². The molecule has 2 aliphatic heterocycles. The third-order valence-corrected chi connectivity index (χ3v) is 4.91. The van der Waals surface area contributed by atoms with Crippen molar-refractivity contribution >= 4 is 17.4 Å². The van der Waals surface area contributed by atoms with Crippen molar-refractivity contribution in [2.45, 2.75) is 38.6 Å². The third-order valence-electron chi connectivity index (χ3n) is 4.91. The van der Waals surface area contributed by atoms with E-state index in [1.54, 1.807) is 12.1 Å². The molecule has 1 aromatic carbocycles. The van der Waals surface area contributed by atoms with Crippen molar-refractivity contribution in [2.24, 2.45) is 0 Å². The first-order chi connectivity index (χ1) is 12.7. The van der Waals surface area contributed by atoms with Crippen molar-refractivity contribution < 1.29 is 4.79 Å². The van der Waals surface area contributed by atoms with Gasteiger partial charge in [0, 0.05) is 24.3 Å². The maximum atomic E-state index is 12.6. The second kappa shape index (κ2) is 6.73. The molecule has 1 atom stereocenters. The summed E-state index contributed by atoms with van der Waals surface area (Å²) in [6.45, 7) is 3.80. The number of nitrogens with zero attached hydrogens (tertiary/aromatic N) is 4. The van der Waals surface area contributed by atoms with E-state index in [0.29, 0.717) is 17.8 Å². The van der Waals surface area contributed by atoms with Crippen molar-refractivity contribution in [1.82, 2.24) is 15.0 Å². The lowest BCUT2D eigenvalue weighted by atomic mass is 9.93. The standard InChI is InChI=1S/C19H20N6O/c1-2-3-4-7-25-10-14-17(21-11-22-18(14)24-25)16-13-6-5-12(9-20)8-15(13)23-19(16)26/h5-6,8,11,16H,2-4,7,10H2,1H3,(H,23,26)(H,21,22,24). The molecule has 0 radical (unpaired) electrons. The van der Waals surface area contributed by atoms with Crippen LogP contribution in [0.15, 0.2) is 24.5 Å². The molecule has 0 bridgehead atoms. The molecule has 0 spiro atoms. The van der Waals surface area contributed by atoms with Crippen LogP contribution in [-0.4, -0.2) is 27.4 Å². The van der Waals surface area contributed by atoms with Crippen molar-refractivity contribution in [1.29, 1.82) is 5.26 Å². The van der Waals surface area contributed by atoms with Gasteiger partial charge in [0.05, 0.1) is 17.3 Å². The number of rotatable bonds is 5. The van der Waals surface area contributed by atoms with E-state index in [-0.39, 0.29) is 5.91 Å². The van der Waals surface area contributed by atoms with E-state index in [0.717, 1.165) is 35.6 Å². The largest absolute Gasteiger partial charge is 0.325 e. The zero-order valence-corrected chi connectivity index (χ0v) is 14.6. The number of fused-ring (bicyclic) bond motifs is 2. The third kappa shape index (κ3) is 2.78. The highest BCUT2D eigenvalue weighted by molar-refractivity contribution is 6.05. The molecule has 3 heterocycles. The van der Waals surface area contributed by atoms with Crippen LogP contribution in [0, 0.1) is 11.3 Å². The summed E-state index contributed by atoms with van der Waals surface area (Å²) < 4.78 is 0. The number of aromatic nitrogens is 2. The van der Waals surface area contributed by atoms with Crippen LogP contribution in [-0.2, 0) is 11.3 Å². The second-order valence-corrected chi connectivity index (χ2v) is 6.66. The van der Waals surface area contributed by atoms with Crippen LogP contribution in [0.5, 0.6) is 0 Å². The Morgan fingerprint density at radius 2 is 2.23 bits per heavy atom. The Bertz CT molecular complexity index is 903. The normalized spacial score (nSPS) is 18.0. The number of carbonyl (C=O) groups excluding carboxylic acids is 1. The second-order valence-electron chi connectivity index (χ2n) is 6.66. The SMILES string of the molecule is CCCCCN1Cc2c(ncnc2C2C(=O)Nc3cc(C#N)ccc32)N1. The van der Waals surface area contributed by atoms with Crippen LogP contribution in [0.4, 0.5) is 11.5 Å². The molecule has 2 N–H and O–H groups in total. The molecule has 4 rings (SSSR count). The quantitative estimate of drug-likeness (QED) is 0.807. The summed E-state index contributed by atoms with van der Waals surface area (Å²) in [5.41, 5.74) is 7.11. The van der Waals surface area contributed by atoms with E-state index in [9.17, 15) is 4.79 Å². The van der Waals surface area contributed by atoms with Gasteiger partial charge in [-0.25, -0.2) is 15.0 Å². The minimum Gasteiger partial charge on any atom is -0.325 e. The Morgan fingerprint density at radius 1 is 1.35 bits per heavy atom. The van der Waals surface area contributed by atoms with Crippen molar-refractivity contribution in [2.75, 3.05) is 17.3 Å².